The highest BCUT2D eigenvalue weighted by molar-refractivity contribution is 5.71. The SMILES string of the molecule is CC/C=C\C/C=C\C/C=C\C/C=C\C/C=C\C/C=C\CCCCCCCCCCCCCCCCCCC(=O)OCC(COC(=O)CCCCCCCCCCCC)OC(=O)CCCCCCCC/C=C\C/C=C\C/C=C\CCCCC. The molecular formula is C76H130O6. The lowest BCUT2D eigenvalue weighted by atomic mass is 10.0. The Kier molecular flexibility index (Phi) is 66.2. The number of rotatable bonds is 63. The second-order valence-electron chi connectivity index (χ2n) is 23.1. The molecule has 0 aliphatic rings. The van der Waals surface area contributed by atoms with E-state index in [1.54, 1.807) is 0 Å². The van der Waals surface area contributed by atoms with Gasteiger partial charge in [-0.05, 0) is 109 Å². The fourth-order valence-electron chi connectivity index (χ4n) is 9.81. The Morgan fingerprint density at radius 3 is 0.768 bits per heavy atom. The highest BCUT2D eigenvalue weighted by Gasteiger charge is 2.19. The van der Waals surface area contributed by atoms with E-state index in [1.807, 2.05) is 0 Å². The van der Waals surface area contributed by atoms with E-state index < -0.39 is 6.10 Å². The third kappa shape index (κ3) is 66.9. The third-order valence-electron chi connectivity index (χ3n) is 15.0. The predicted octanol–water partition coefficient (Wildman–Crippen LogP) is 24.2. The largest absolute Gasteiger partial charge is 0.462 e. The van der Waals surface area contributed by atoms with E-state index >= 15 is 0 Å². The first kappa shape index (κ1) is 78.1. The standard InChI is InChI=1S/C76H130O6/c1-4-7-10-13-16-19-22-24-26-28-30-31-32-33-34-35-36-37-38-39-40-41-42-43-44-45-47-48-50-52-54-57-60-63-66-69-75(78)81-72-73(71-80-74(77)68-65-62-59-56-21-18-15-12-9-6-3)82-76(79)70-67-64-61-58-55-53-51-49-46-29-27-25-23-20-17-14-11-8-5-2/h7,10,16-17,19-20,24-27,30-31,33-34,36-37,46,49,73H,4-6,8-9,11-15,18,21-23,28-29,32,35,38-45,47-48,50-72H2,1-3H3/b10-7-,19-16-,20-17-,26-24-,27-25-,31-30-,34-33-,37-36-,49-46-. The molecule has 6 nitrogen and oxygen atoms in total. The van der Waals surface area contributed by atoms with Gasteiger partial charge in [0.05, 0.1) is 0 Å². The first-order valence-corrected chi connectivity index (χ1v) is 34.9. The second kappa shape index (κ2) is 69.6. The third-order valence-corrected chi connectivity index (χ3v) is 15.0. The van der Waals surface area contributed by atoms with Gasteiger partial charge in [-0.25, -0.2) is 0 Å². The van der Waals surface area contributed by atoms with E-state index in [0.29, 0.717) is 19.3 Å². The van der Waals surface area contributed by atoms with Gasteiger partial charge in [0, 0.05) is 19.3 Å². The molecule has 0 aliphatic carbocycles. The van der Waals surface area contributed by atoms with Crippen molar-refractivity contribution >= 4 is 17.9 Å². The van der Waals surface area contributed by atoms with Gasteiger partial charge in [0.25, 0.3) is 0 Å². The molecule has 0 spiro atoms. The van der Waals surface area contributed by atoms with E-state index in [0.717, 1.165) is 122 Å². The molecule has 0 N–H and O–H groups in total. The number of hydrogen-bond acceptors (Lipinski definition) is 6. The van der Waals surface area contributed by atoms with Gasteiger partial charge in [0.2, 0.25) is 0 Å². The van der Waals surface area contributed by atoms with Crippen LogP contribution in [0.15, 0.2) is 109 Å². The summed E-state index contributed by atoms with van der Waals surface area (Å²) in [5, 5.41) is 0. The lowest BCUT2D eigenvalue weighted by molar-refractivity contribution is -0.167. The molecule has 0 radical (unpaired) electrons. The van der Waals surface area contributed by atoms with Gasteiger partial charge in [-0.2, -0.15) is 0 Å². The molecule has 0 bridgehead atoms. The number of ether oxygens (including phenoxy) is 3. The molecule has 0 saturated heterocycles. The maximum Gasteiger partial charge on any atom is 0.306 e. The zero-order valence-electron chi connectivity index (χ0n) is 54.0. The van der Waals surface area contributed by atoms with E-state index in [1.165, 1.54) is 173 Å². The average Bonchev–Trinajstić information content (AvgIpc) is 3.48. The lowest BCUT2D eigenvalue weighted by Crippen LogP contribution is -2.30. The van der Waals surface area contributed by atoms with Crippen molar-refractivity contribution in [3.8, 4) is 0 Å². The van der Waals surface area contributed by atoms with Crippen LogP contribution < -0.4 is 0 Å². The van der Waals surface area contributed by atoms with Gasteiger partial charge < -0.3 is 14.2 Å². The van der Waals surface area contributed by atoms with Gasteiger partial charge in [-0.3, -0.25) is 14.4 Å². The smallest absolute Gasteiger partial charge is 0.306 e. The minimum atomic E-state index is -0.783. The first-order valence-electron chi connectivity index (χ1n) is 34.9. The molecule has 1 unspecified atom stereocenters. The van der Waals surface area contributed by atoms with Crippen molar-refractivity contribution < 1.29 is 28.6 Å². The van der Waals surface area contributed by atoms with E-state index in [-0.39, 0.29) is 31.1 Å². The van der Waals surface area contributed by atoms with Gasteiger partial charge in [-0.15, -0.1) is 0 Å². The summed E-state index contributed by atoms with van der Waals surface area (Å²) in [6, 6.07) is 0. The summed E-state index contributed by atoms with van der Waals surface area (Å²) in [6.45, 7) is 6.50. The van der Waals surface area contributed by atoms with Crippen molar-refractivity contribution in [1.29, 1.82) is 0 Å². The highest BCUT2D eigenvalue weighted by atomic mass is 16.6. The summed E-state index contributed by atoms with van der Waals surface area (Å²) in [7, 11) is 0. The zero-order chi connectivity index (χ0) is 59.2. The monoisotopic (exact) mass is 1140 g/mol. The molecule has 1 atom stereocenters. The summed E-state index contributed by atoms with van der Waals surface area (Å²) in [6.07, 6.45) is 95.5. The van der Waals surface area contributed by atoms with Crippen LogP contribution in [-0.2, 0) is 28.6 Å². The van der Waals surface area contributed by atoms with Crippen LogP contribution in [-0.4, -0.2) is 37.2 Å². The van der Waals surface area contributed by atoms with Crippen molar-refractivity contribution in [2.24, 2.45) is 0 Å². The fourth-order valence-corrected chi connectivity index (χ4v) is 9.81. The van der Waals surface area contributed by atoms with Crippen LogP contribution in [0.5, 0.6) is 0 Å². The molecule has 470 valence electrons. The number of allylic oxidation sites excluding steroid dienone is 18. The Bertz CT molecular complexity index is 1640. The molecule has 6 heteroatoms. The molecule has 0 rings (SSSR count). The maximum absolute atomic E-state index is 12.9. The Balaban J connectivity index is 4.13. The van der Waals surface area contributed by atoms with Crippen LogP contribution in [0.2, 0.25) is 0 Å². The summed E-state index contributed by atoms with van der Waals surface area (Å²) >= 11 is 0. The summed E-state index contributed by atoms with van der Waals surface area (Å²) in [5.41, 5.74) is 0. The maximum atomic E-state index is 12.9. The van der Waals surface area contributed by atoms with Crippen molar-refractivity contribution in [3.63, 3.8) is 0 Å². The Morgan fingerprint density at radius 2 is 0.476 bits per heavy atom. The second-order valence-corrected chi connectivity index (χ2v) is 23.1. The molecule has 0 amide bonds. The van der Waals surface area contributed by atoms with Crippen molar-refractivity contribution in [1.82, 2.24) is 0 Å². The van der Waals surface area contributed by atoms with Crippen LogP contribution in [0.1, 0.15) is 335 Å². The number of carbonyl (C=O) groups is 3. The van der Waals surface area contributed by atoms with Crippen LogP contribution in [0, 0.1) is 0 Å². The van der Waals surface area contributed by atoms with Crippen LogP contribution in [0.3, 0.4) is 0 Å². The fraction of sp³-hybridized carbons (Fsp3) is 0.724. The van der Waals surface area contributed by atoms with Crippen molar-refractivity contribution in [2.75, 3.05) is 13.2 Å². The molecule has 82 heavy (non-hydrogen) atoms. The average molecular weight is 1140 g/mol. The number of carbonyl (C=O) groups excluding carboxylic acids is 3. The molecule has 0 aromatic heterocycles. The first-order chi connectivity index (χ1) is 40.5. The van der Waals surface area contributed by atoms with Crippen molar-refractivity contribution in [3.05, 3.63) is 109 Å². The van der Waals surface area contributed by atoms with E-state index in [2.05, 4.69) is 130 Å². The quantitative estimate of drug-likeness (QED) is 0.0261. The Hall–Kier alpha value is -3.93. The Morgan fingerprint density at radius 1 is 0.256 bits per heavy atom. The molecule has 0 aromatic carbocycles. The predicted molar refractivity (Wildman–Crippen MR) is 357 cm³/mol. The van der Waals surface area contributed by atoms with Crippen LogP contribution >= 0.6 is 0 Å². The normalized spacial score (nSPS) is 12.8. The van der Waals surface area contributed by atoms with E-state index in [9.17, 15) is 14.4 Å². The minimum absolute atomic E-state index is 0.0792. The molecule has 0 saturated carbocycles. The minimum Gasteiger partial charge on any atom is -0.462 e. The van der Waals surface area contributed by atoms with Crippen LogP contribution in [0.4, 0.5) is 0 Å². The number of esters is 3. The summed E-state index contributed by atoms with van der Waals surface area (Å²) in [5.74, 6) is -0.880. The molecule has 0 heterocycles. The molecular weight excluding hydrogens is 1010 g/mol. The van der Waals surface area contributed by atoms with Gasteiger partial charge in [0.15, 0.2) is 6.10 Å². The summed E-state index contributed by atoms with van der Waals surface area (Å²) < 4.78 is 16.9. The zero-order valence-corrected chi connectivity index (χ0v) is 54.0. The lowest BCUT2D eigenvalue weighted by Gasteiger charge is -2.18. The molecule has 0 aliphatic heterocycles. The topological polar surface area (TPSA) is 78.9 Å². The number of hydrogen-bond donors (Lipinski definition) is 0. The highest BCUT2D eigenvalue weighted by Crippen LogP contribution is 2.17. The van der Waals surface area contributed by atoms with Crippen LogP contribution in [0.25, 0.3) is 0 Å². The summed E-state index contributed by atoms with van der Waals surface area (Å²) in [4.78, 5) is 38.3. The van der Waals surface area contributed by atoms with Gasteiger partial charge in [0.1, 0.15) is 13.2 Å². The van der Waals surface area contributed by atoms with E-state index in [4.69, 9.17) is 14.2 Å². The number of unbranched alkanes of at least 4 members (excludes halogenated alkanes) is 34. The molecule has 0 aromatic rings. The Labute approximate surface area is 508 Å². The van der Waals surface area contributed by atoms with Gasteiger partial charge in [-0.1, -0.05) is 316 Å². The molecule has 0 fully saturated rings. The van der Waals surface area contributed by atoms with Gasteiger partial charge >= 0.3 is 17.9 Å². The van der Waals surface area contributed by atoms with Crippen molar-refractivity contribution in [2.45, 2.75) is 341 Å².